The van der Waals surface area contributed by atoms with Crippen molar-refractivity contribution in [2.24, 2.45) is 0 Å². The standard InChI is InChI=1S/C18H16N2O4S/c1-12-3-5-13(6-4-12)16-11-17(18(21)22)20(19-16)14-7-9-15(10-8-14)25(2,23)24/h3-11H,1-2H3,(H,21,22). The zero-order valence-electron chi connectivity index (χ0n) is 13.7. The van der Waals surface area contributed by atoms with Gasteiger partial charge in [-0.3, -0.25) is 0 Å². The molecular weight excluding hydrogens is 340 g/mol. The molecule has 0 bridgehead atoms. The second kappa shape index (κ2) is 6.18. The van der Waals surface area contributed by atoms with E-state index < -0.39 is 15.8 Å². The molecule has 7 heteroatoms. The molecule has 0 aliphatic heterocycles. The third kappa shape index (κ3) is 3.46. The van der Waals surface area contributed by atoms with Crippen LogP contribution < -0.4 is 0 Å². The molecule has 6 nitrogen and oxygen atoms in total. The van der Waals surface area contributed by atoms with E-state index in [1.165, 1.54) is 35.0 Å². The van der Waals surface area contributed by atoms with Crippen LogP contribution in [0.15, 0.2) is 59.5 Å². The number of sulfone groups is 1. The second-order valence-corrected chi connectivity index (χ2v) is 7.78. The monoisotopic (exact) mass is 356 g/mol. The highest BCUT2D eigenvalue weighted by Crippen LogP contribution is 2.23. The summed E-state index contributed by atoms with van der Waals surface area (Å²) in [5.74, 6) is -1.11. The zero-order chi connectivity index (χ0) is 18.2. The summed E-state index contributed by atoms with van der Waals surface area (Å²) in [4.78, 5) is 11.7. The van der Waals surface area contributed by atoms with Crippen LogP contribution in [0.3, 0.4) is 0 Å². The van der Waals surface area contributed by atoms with Gasteiger partial charge < -0.3 is 5.11 Å². The lowest BCUT2D eigenvalue weighted by Crippen LogP contribution is -2.08. The number of aromatic carboxylic acids is 1. The Morgan fingerprint density at radius 1 is 1.04 bits per heavy atom. The molecule has 0 saturated heterocycles. The van der Waals surface area contributed by atoms with E-state index in [2.05, 4.69) is 5.10 Å². The summed E-state index contributed by atoms with van der Waals surface area (Å²) in [5, 5.41) is 13.8. The maximum atomic E-state index is 11.6. The van der Waals surface area contributed by atoms with Crippen LogP contribution in [0.1, 0.15) is 16.1 Å². The number of carbonyl (C=O) groups is 1. The molecular formula is C18H16N2O4S. The molecule has 3 rings (SSSR count). The van der Waals surface area contributed by atoms with Gasteiger partial charge in [-0.15, -0.1) is 0 Å². The Morgan fingerprint density at radius 3 is 2.16 bits per heavy atom. The summed E-state index contributed by atoms with van der Waals surface area (Å²) < 4.78 is 24.4. The van der Waals surface area contributed by atoms with Crippen LogP contribution in [0, 0.1) is 6.92 Å². The normalized spacial score (nSPS) is 11.4. The fourth-order valence-corrected chi connectivity index (χ4v) is 3.06. The van der Waals surface area contributed by atoms with Gasteiger partial charge in [0.05, 0.1) is 16.3 Å². The van der Waals surface area contributed by atoms with Gasteiger partial charge in [-0.2, -0.15) is 5.10 Å². The smallest absolute Gasteiger partial charge is 0.354 e. The Hall–Kier alpha value is -2.93. The Labute approximate surface area is 145 Å². The molecule has 128 valence electrons. The molecule has 0 aliphatic carbocycles. The summed E-state index contributed by atoms with van der Waals surface area (Å²) in [6, 6.07) is 15.0. The van der Waals surface area contributed by atoms with E-state index >= 15 is 0 Å². The summed E-state index contributed by atoms with van der Waals surface area (Å²) in [6.45, 7) is 1.97. The molecule has 0 unspecified atom stereocenters. The first kappa shape index (κ1) is 16.9. The predicted molar refractivity (Wildman–Crippen MR) is 93.8 cm³/mol. The van der Waals surface area contributed by atoms with E-state index in [-0.39, 0.29) is 10.6 Å². The van der Waals surface area contributed by atoms with E-state index in [4.69, 9.17) is 0 Å². The highest BCUT2D eigenvalue weighted by molar-refractivity contribution is 7.90. The van der Waals surface area contributed by atoms with Gasteiger partial charge in [-0.1, -0.05) is 29.8 Å². The lowest BCUT2D eigenvalue weighted by atomic mass is 10.1. The van der Waals surface area contributed by atoms with Crippen molar-refractivity contribution in [1.82, 2.24) is 9.78 Å². The third-order valence-corrected chi connectivity index (χ3v) is 4.91. The van der Waals surface area contributed by atoms with Crippen molar-refractivity contribution < 1.29 is 18.3 Å². The third-order valence-electron chi connectivity index (χ3n) is 3.79. The van der Waals surface area contributed by atoms with Crippen molar-refractivity contribution in [1.29, 1.82) is 0 Å². The first-order valence-electron chi connectivity index (χ1n) is 7.46. The number of aromatic nitrogens is 2. The van der Waals surface area contributed by atoms with E-state index in [0.717, 1.165) is 17.4 Å². The molecule has 1 N–H and O–H groups in total. The van der Waals surface area contributed by atoms with Crippen molar-refractivity contribution >= 4 is 15.8 Å². The zero-order valence-corrected chi connectivity index (χ0v) is 14.5. The predicted octanol–water partition coefficient (Wildman–Crippen LogP) is 2.95. The molecule has 0 spiro atoms. The van der Waals surface area contributed by atoms with Gasteiger partial charge in [0.15, 0.2) is 15.5 Å². The van der Waals surface area contributed by atoms with Crippen LogP contribution >= 0.6 is 0 Å². The van der Waals surface area contributed by atoms with E-state index in [9.17, 15) is 18.3 Å². The highest BCUT2D eigenvalue weighted by Gasteiger charge is 2.17. The number of hydrogen-bond acceptors (Lipinski definition) is 4. The van der Waals surface area contributed by atoms with Crippen LogP contribution in [-0.4, -0.2) is 35.5 Å². The number of benzene rings is 2. The molecule has 0 atom stereocenters. The lowest BCUT2D eigenvalue weighted by Gasteiger charge is -2.05. The van der Waals surface area contributed by atoms with Crippen molar-refractivity contribution in [2.45, 2.75) is 11.8 Å². The second-order valence-electron chi connectivity index (χ2n) is 5.76. The number of aryl methyl sites for hydroxylation is 1. The van der Waals surface area contributed by atoms with Gasteiger partial charge in [0.1, 0.15) is 0 Å². The molecule has 25 heavy (non-hydrogen) atoms. The van der Waals surface area contributed by atoms with Gasteiger partial charge in [-0.05, 0) is 37.3 Å². The topological polar surface area (TPSA) is 89.3 Å². The number of hydrogen-bond donors (Lipinski definition) is 1. The highest BCUT2D eigenvalue weighted by atomic mass is 32.2. The Balaban J connectivity index is 2.09. The van der Waals surface area contributed by atoms with Crippen LogP contribution in [-0.2, 0) is 9.84 Å². The maximum absolute atomic E-state index is 11.6. The van der Waals surface area contributed by atoms with E-state index in [1.807, 2.05) is 31.2 Å². The Morgan fingerprint density at radius 2 is 1.64 bits per heavy atom. The maximum Gasteiger partial charge on any atom is 0.354 e. The van der Waals surface area contributed by atoms with Crippen molar-refractivity contribution in [3.63, 3.8) is 0 Å². The first-order chi connectivity index (χ1) is 11.8. The first-order valence-corrected chi connectivity index (χ1v) is 9.36. The quantitative estimate of drug-likeness (QED) is 0.776. The van der Waals surface area contributed by atoms with Gasteiger partial charge in [0.2, 0.25) is 0 Å². The molecule has 0 aliphatic rings. The number of nitrogens with zero attached hydrogens (tertiary/aromatic N) is 2. The van der Waals surface area contributed by atoms with Gasteiger partial charge in [0, 0.05) is 11.8 Å². The van der Waals surface area contributed by atoms with Gasteiger partial charge >= 0.3 is 5.97 Å². The SMILES string of the molecule is Cc1ccc(-c2cc(C(=O)O)n(-c3ccc(S(C)(=O)=O)cc3)n2)cc1. The van der Waals surface area contributed by atoms with Crippen molar-refractivity contribution in [3.8, 4) is 16.9 Å². The fraction of sp³-hybridized carbons (Fsp3) is 0.111. The lowest BCUT2D eigenvalue weighted by molar-refractivity contribution is 0.0687. The largest absolute Gasteiger partial charge is 0.477 e. The van der Waals surface area contributed by atoms with Gasteiger partial charge in [0.25, 0.3) is 0 Å². The minimum Gasteiger partial charge on any atom is -0.477 e. The molecule has 2 aromatic carbocycles. The Bertz CT molecular complexity index is 1030. The molecule has 0 amide bonds. The molecule has 1 aromatic heterocycles. The van der Waals surface area contributed by atoms with Crippen LogP contribution in [0.2, 0.25) is 0 Å². The average molecular weight is 356 g/mol. The average Bonchev–Trinajstić information content (AvgIpc) is 3.00. The van der Waals surface area contributed by atoms with Crippen molar-refractivity contribution in [2.75, 3.05) is 6.26 Å². The van der Waals surface area contributed by atoms with E-state index in [0.29, 0.717) is 11.4 Å². The molecule has 0 fully saturated rings. The van der Waals surface area contributed by atoms with Crippen molar-refractivity contribution in [3.05, 3.63) is 65.9 Å². The summed E-state index contributed by atoms with van der Waals surface area (Å²) in [7, 11) is -3.32. The minimum atomic E-state index is -3.32. The minimum absolute atomic E-state index is 0.00248. The van der Waals surface area contributed by atoms with Crippen LogP contribution in [0.25, 0.3) is 16.9 Å². The van der Waals surface area contributed by atoms with Crippen LogP contribution in [0.4, 0.5) is 0 Å². The van der Waals surface area contributed by atoms with Crippen LogP contribution in [0.5, 0.6) is 0 Å². The number of carboxylic acids is 1. The molecule has 0 radical (unpaired) electrons. The van der Waals surface area contributed by atoms with Gasteiger partial charge in [-0.25, -0.2) is 17.9 Å². The summed E-state index contributed by atoms with van der Waals surface area (Å²) >= 11 is 0. The molecule has 0 saturated carbocycles. The summed E-state index contributed by atoms with van der Waals surface area (Å²) in [5.41, 5.74) is 2.91. The molecule has 3 aromatic rings. The fourth-order valence-electron chi connectivity index (χ4n) is 2.43. The Kier molecular flexibility index (Phi) is 4.18. The number of rotatable bonds is 4. The summed E-state index contributed by atoms with van der Waals surface area (Å²) in [6.07, 6.45) is 1.12. The van der Waals surface area contributed by atoms with E-state index in [1.54, 1.807) is 0 Å². The molecule has 1 heterocycles. The number of carboxylic acid groups (broad SMARTS) is 1.